The van der Waals surface area contributed by atoms with Crippen molar-refractivity contribution >= 4 is 67.4 Å². The summed E-state index contributed by atoms with van der Waals surface area (Å²) in [6.45, 7) is 22.3. The molecular formula is C64H82N4O4. The minimum absolute atomic E-state index is 0.552. The fourth-order valence-electron chi connectivity index (χ4n) is 11.5. The first-order valence-electron chi connectivity index (χ1n) is 27.6. The number of nitrogens with one attached hydrogen (secondary N) is 2. The van der Waals surface area contributed by atoms with Crippen LogP contribution >= 0.6 is 0 Å². The molecule has 2 N–H and O–H groups in total. The Balaban J connectivity index is 1.76. The van der Waals surface area contributed by atoms with E-state index in [0.717, 1.165) is 205 Å². The first-order chi connectivity index (χ1) is 35.0. The van der Waals surface area contributed by atoms with Gasteiger partial charge in [-0.15, -0.1) is 0 Å². The van der Waals surface area contributed by atoms with Gasteiger partial charge in [-0.3, -0.25) is 0 Å². The highest BCUT2D eigenvalue weighted by atomic mass is 16.5. The highest BCUT2D eigenvalue weighted by Crippen LogP contribution is 2.47. The van der Waals surface area contributed by atoms with Crippen LogP contribution in [0.15, 0.2) is 58.7 Å². The average molecular weight is 971 g/mol. The minimum atomic E-state index is -0.639. The SMILES string of the molecule is CCCCC1=CC=C(c2c3nc(cc4[nH]c(c(C)c4CCCC)c(C4=CC=C(CCCC)C(=C=O)C4OC)c4[nH]c(cc5nc2C(C)=C5CCCC)c(CCCC)c4C)C(CCCC)=C3C)C(OC)C1=C=O. The summed E-state index contributed by atoms with van der Waals surface area (Å²) in [5, 5.41) is 0. The Morgan fingerprint density at radius 3 is 1.22 bits per heavy atom. The molecule has 8 nitrogen and oxygen atoms in total. The van der Waals surface area contributed by atoms with Gasteiger partial charge < -0.3 is 19.4 Å². The summed E-state index contributed by atoms with van der Waals surface area (Å²) in [5.41, 5.74) is 24.1. The molecule has 2 atom stereocenters. The maximum atomic E-state index is 13.1. The molecule has 4 aliphatic rings. The summed E-state index contributed by atoms with van der Waals surface area (Å²) in [6, 6.07) is 4.60. The summed E-state index contributed by atoms with van der Waals surface area (Å²) < 4.78 is 12.8. The largest absolute Gasteiger partial charge is 0.371 e. The van der Waals surface area contributed by atoms with E-state index in [1.54, 1.807) is 14.2 Å². The summed E-state index contributed by atoms with van der Waals surface area (Å²) in [4.78, 5) is 45.9. The van der Waals surface area contributed by atoms with Crippen molar-refractivity contribution < 1.29 is 19.1 Å². The number of carbonyl (C=O) groups excluding carboxylic acids is 2. The number of allylic oxidation sites excluding steroid dienone is 8. The number of aryl methyl sites for hydroxylation is 4. The summed E-state index contributed by atoms with van der Waals surface area (Å²) in [7, 11) is 3.42. The highest BCUT2D eigenvalue weighted by Gasteiger charge is 2.35. The second kappa shape index (κ2) is 24.9. The van der Waals surface area contributed by atoms with Crippen LogP contribution in [0.3, 0.4) is 0 Å². The zero-order chi connectivity index (χ0) is 51.6. The Morgan fingerprint density at radius 2 is 0.861 bits per heavy atom. The quantitative estimate of drug-likeness (QED) is 0.0971. The molecule has 2 aliphatic heterocycles. The van der Waals surface area contributed by atoms with Crippen LogP contribution in [0.1, 0.15) is 214 Å². The third-order valence-corrected chi connectivity index (χ3v) is 15.8. The van der Waals surface area contributed by atoms with E-state index in [1.807, 2.05) is 0 Å². The van der Waals surface area contributed by atoms with Crippen LogP contribution in [0, 0.1) is 13.8 Å². The third-order valence-electron chi connectivity index (χ3n) is 15.8. The van der Waals surface area contributed by atoms with E-state index < -0.39 is 12.2 Å². The molecule has 7 rings (SSSR count). The van der Waals surface area contributed by atoms with Crippen molar-refractivity contribution in [3.63, 3.8) is 0 Å². The average Bonchev–Trinajstić information content (AvgIpc) is 4.07. The first kappa shape index (κ1) is 54.2. The Morgan fingerprint density at radius 1 is 0.500 bits per heavy atom. The summed E-state index contributed by atoms with van der Waals surface area (Å²) in [5.74, 6) is 4.74. The first-order valence-corrected chi connectivity index (χ1v) is 27.6. The molecule has 8 heteroatoms. The molecule has 3 aromatic rings. The molecule has 2 aliphatic carbocycles. The van der Waals surface area contributed by atoms with Crippen LogP contribution in [-0.4, -0.2) is 58.2 Å². The predicted octanol–water partition coefficient (Wildman–Crippen LogP) is 16.4. The number of hydrogen-bond donors (Lipinski definition) is 2. The normalized spacial score (nSPS) is 17.1. The van der Waals surface area contributed by atoms with E-state index >= 15 is 0 Å². The van der Waals surface area contributed by atoms with Crippen molar-refractivity contribution in [3.8, 4) is 0 Å². The topological polar surface area (TPSA) is 110 Å². The summed E-state index contributed by atoms with van der Waals surface area (Å²) in [6.07, 6.45) is 24.7. The lowest BCUT2D eigenvalue weighted by Crippen LogP contribution is -2.22. The van der Waals surface area contributed by atoms with Gasteiger partial charge in [-0.2, -0.15) is 0 Å². The zero-order valence-electron chi connectivity index (χ0n) is 45.9. The molecule has 0 spiro atoms. The lowest BCUT2D eigenvalue weighted by Gasteiger charge is -2.26. The molecule has 8 bridgehead atoms. The van der Waals surface area contributed by atoms with Gasteiger partial charge in [-0.05, 0) is 184 Å². The van der Waals surface area contributed by atoms with Crippen LogP contribution in [0.2, 0.25) is 0 Å². The van der Waals surface area contributed by atoms with E-state index in [1.165, 1.54) is 33.4 Å². The molecule has 0 radical (unpaired) electrons. The molecular weight excluding hydrogens is 889 g/mol. The standard InChI is InChI=1S/C64H82N4O4/c1-13-19-25-43-31-33-49(63(71-11)51(43)37-69)57-59-39(7)45(27-21-15-3)53(65-59)35-55-47(29-23-17-5)41(9)61(67-55)58(50-34-32-44(26-20-14-2)52(38-70)64(50)72-12)62-42(10)48(30-24-18-6)56(68-62)36-54-46(28-22-16-4)40(8)60(57)66-54/h31-36,63-66H,13-30H2,1-12H3. The Bertz CT molecular complexity index is 2890. The molecule has 5 heterocycles. The molecule has 0 aromatic carbocycles. The maximum Gasteiger partial charge on any atom is 0.131 e. The van der Waals surface area contributed by atoms with Crippen molar-refractivity contribution in [3.05, 3.63) is 115 Å². The molecule has 0 saturated heterocycles. The number of aromatic amines is 2. The lowest BCUT2D eigenvalue weighted by molar-refractivity contribution is 0.177. The van der Waals surface area contributed by atoms with Gasteiger partial charge >= 0.3 is 0 Å². The number of methoxy groups -OCH3 is 2. The van der Waals surface area contributed by atoms with Gasteiger partial charge in [0.2, 0.25) is 0 Å². The number of unbranched alkanes of at least 4 members (excludes halogenated alkanes) is 6. The number of nitrogens with zero attached hydrogens (tertiary/aromatic N) is 2. The van der Waals surface area contributed by atoms with E-state index in [0.29, 0.717) is 11.1 Å². The Labute approximate surface area is 430 Å². The second-order valence-electron chi connectivity index (χ2n) is 20.5. The third kappa shape index (κ3) is 10.6. The van der Waals surface area contributed by atoms with E-state index in [4.69, 9.17) is 19.4 Å². The number of fused-ring (bicyclic) bond motifs is 8. The molecule has 72 heavy (non-hydrogen) atoms. The van der Waals surface area contributed by atoms with Gasteiger partial charge in [0.15, 0.2) is 0 Å². The highest BCUT2D eigenvalue weighted by molar-refractivity contribution is 6.03. The van der Waals surface area contributed by atoms with Gasteiger partial charge in [0.25, 0.3) is 0 Å². The molecule has 3 aromatic heterocycles. The van der Waals surface area contributed by atoms with Crippen molar-refractivity contribution in [2.24, 2.45) is 0 Å². The van der Waals surface area contributed by atoms with E-state index in [-0.39, 0.29) is 0 Å². The van der Waals surface area contributed by atoms with Crippen LogP contribution in [0.4, 0.5) is 0 Å². The number of hydrogen-bond acceptors (Lipinski definition) is 6. The fourth-order valence-corrected chi connectivity index (χ4v) is 11.5. The zero-order valence-corrected chi connectivity index (χ0v) is 45.9. The van der Waals surface area contributed by atoms with Gasteiger partial charge in [-0.1, -0.05) is 104 Å². The number of H-pyrrole nitrogens is 2. The predicted molar refractivity (Wildman–Crippen MR) is 303 cm³/mol. The number of ether oxygens (including phenoxy) is 2. The molecule has 0 amide bonds. The van der Waals surface area contributed by atoms with Gasteiger partial charge in [0.1, 0.15) is 24.1 Å². The fraction of sp³-hybridized carbons (Fsp3) is 0.500. The van der Waals surface area contributed by atoms with E-state index in [2.05, 4.69) is 128 Å². The number of aromatic nitrogens is 4. The van der Waals surface area contributed by atoms with Gasteiger partial charge in [-0.25, -0.2) is 19.6 Å². The molecule has 382 valence electrons. The lowest BCUT2D eigenvalue weighted by atomic mass is 9.82. The van der Waals surface area contributed by atoms with Gasteiger partial charge in [0, 0.05) is 36.4 Å². The van der Waals surface area contributed by atoms with Crippen molar-refractivity contribution in [2.45, 2.75) is 197 Å². The molecule has 0 fully saturated rings. The van der Waals surface area contributed by atoms with Gasteiger partial charge in [0.05, 0.1) is 45.0 Å². The Hall–Kier alpha value is -5.62. The van der Waals surface area contributed by atoms with Crippen LogP contribution in [0.25, 0.3) is 55.5 Å². The smallest absolute Gasteiger partial charge is 0.131 e. The number of rotatable bonds is 22. The van der Waals surface area contributed by atoms with Crippen molar-refractivity contribution in [1.29, 1.82) is 0 Å². The van der Waals surface area contributed by atoms with Crippen molar-refractivity contribution in [2.75, 3.05) is 14.2 Å². The van der Waals surface area contributed by atoms with Crippen LogP contribution in [0.5, 0.6) is 0 Å². The van der Waals surface area contributed by atoms with Crippen molar-refractivity contribution in [1.82, 2.24) is 19.9 Å². The minimum Gasteiger partial charge on any atom is -0.371 e. The molecule has 0 saturated carbocycles. The molecule has 2 unspecified atom stereocenters. The monoisotopic (exact) mass is 971 g/mol. The summed E-state index contributed by atoms with van der Waals surface area (Å²) >= 11 is 0. The second-order valence-corrected chi connectivity index (χ2v) is 20.5. The Kier molecular flexibility index (Phi) is 18.7. The van der Waals surface area contributed by atoms with E-state index in [9.17, 15) is 9.59 Å². The van der Waals surface area contributed by atoms with Crippen LogP contribution < -0.4 is 0 Å². The maximum absolute atomic E-state index is 13.1. The van der Waals surface area contributed by atoms with Crippen LogP contribution in [-0.2, 0) is 31.9 Å².